The second kappa shape index (κ2) is 12.2. The molecule has 0 fully saturated rings. The lowest BCUT2D eigenvalue weighted by Gasteiger charge is -2.22. The Bertz CT molecular complexity index is 1020. The minimum Gasteiger partial charge on any atom is -0.493 e. The molecular weight excluding hydrogens is 430 g/mol. The zero-order valence-electron chi connectivity index (χ0n) is 19.0. The summed E-state index contributed by atoms with van der Waals surface area (Å²) >= 11 is 0. The molecule has 0 aliphatic heterocycles. The fourth-order valence-corrected chi connectivity index (χ4v) is 4.38. The van der Waals surface area contributed by atoms with Crippen molar-refractivity contribution in [3.8, 4) is 11.5 Å². The minimum atomic E-state index is -4.02. The van der Waals surface area contributed by atoms with Crippen LogP contribution >= 0.6 is 0 Å². The van der Waals surface area contributed by atoms with E-state index in [4.69, 9.17) is 9.47 Å². The number of amides is 1. The van der Waals surface area contributed by atoms with E-state index in [0.717, 1.165) is 34.8 Å². The van der Waals surface area contributed by atoms with Gasteiger partial charge < -0.3 is 9.47 Å². The molecule has 0 atom stereocenters. The number of unbranched alkanes of at least 4 members (excludes halogenated alkanes) is 1. The number of benzene rings is 2. The molecule has 0 radical (unpaired) electrons. The molecule has 0 unspecified atom stereocenters. The van der Waals surface area contributed by atoms with Crippen molar-refractivity contribution in [2.75, 3.05) is 20.8 Å². The summed E-state index contributed by atoms with van der Waals surface area (Å²) in [5.74, 6) is 0.186. The number of carbonyl (C=O) groups excluding carboxylic acids is 1. The standard InChI is InChI=1S/C23H31N3O5S/c1-5-6-10-18(2)24-25-23(27)17-26(16-19-11-8-7-9-12-19)32(28,29)20-13-14-21(30-3)22(15-20)31-4/h7-9,11-15H,5-6,10,16-17H2,1-4H3,(H,25,27)/b24-18+. The van der Waals surface area contributed by atoms with Crippen LogP contribution in [0.1, 0.15) is 38.7 Å². The molecule has 0 spiro atoms. The number of nitrogens with one attached hydrogen (secondary N) is 1. The van der Waals surface area contributed by atoms with Crippen molar-refractivity contribution in [1.29, 1.82) is 0 Å². The lowest BCUT2D eigenvalue weighted by Crippen LogP contribution is -2.39. The van der Waals surface area contributed by atoms with Crippen LogP contribution in [0.2, 0.25) is 0 Å². The van der Waals surface area contributed by atoms with Crippen molar-refractivity contribution in [3.05, 3.63) is 54.1 Å². The summed E-state index contributed by atoms with van der Waals surface area (Å²) in [4.78, 5) is 12.6. The van der Waals surface area contributed by atoms with E-state index in [0.29, 0.717) is 5.75 Å². The zero-order chi connectivity index (χ0) is 23.6. The number of methoxy groups -OCH3 is 2. The largest absolute Gasteiger partial charge is 0.493 e. The van der Waals surface area contributed by atoms with Crippen LogP contribution < -0.4 is 14.9 Å². The van der Waals surface area contributed by atoms with E-state index in [1.165, 1.54) is 32.4 Å². The Morgan fingerprint density at radius 2 is 1.75 bits per heavy atom. The number of hydrogen-bond donors (Lipinski definition) is 1. The summed E-state index contributed by atoms with van der Waals surface area (Å²) in [7, 11) is -1.11. The molecule has 1 N–H and O–H groups in total. The minimum absolute atomic E-state index is 0.00140. The Morgan fingerprint density at radius 1 is 1.06 bits per heavy atom. The van der Waals surface area contributed by atoms with E-state index < -0.39 is 15.9 Å². The van der Waals surface area contributed by atoms with Gasteiger partial charge in [-0.2, -0.15) is 9.41 Å². The van der Waals surface area contributed by atoms with Gasteiger partial charge in [0.15, 0.2) is 11.5 Å². The number of nitrogens with zero attached hydrogens (tertiary/aromatic N) is 2. The first-order chi connectivity index (χ1) is 15.3. The Labute approximate surface area is 190 Å². The van der Waals surface area contributed by atoms with Gasteiger partial charge >= 0.3 is 0 Å². The van der Waals surface area contributed by atoms with E-state index in [9.17, 15) is 13.2 Å². The highest BCUT2D eigenvalue weighted by atomic mass is 32.2. The molecule has 2 aromatic carbocycles. The normalized spacial score (nSPS) is 12.0. The van der Waals surface area contributed by atoms with E-state index in [2.05, 4.69) is 17.5 Å². The van der Waals surface area contributed by atoms with Crippen LogP contribution in [0.15, 0.2) is 58.5 Å². The average molecular weight is 462 g/mol. The topological polar surface area (TPSA) is 97.3 Å². The van der Waals surface area contributed by atoms with E-state index in [-0.39, 0.29) is 23.7 Å². The van der Waals surface area contributed by atoms with Crippen molar-refractivity contribution in [2.24, 2.45) is 5.10 Å². The Kier molecular flexibility index (Phi) is 9.67. The summed E-state index contributed by atoms with van der Waals surface area (Å²) in [5, 5.41) is 4.09. The molecule has 32 heavy (non-hydrogen) atoms. The molecule has 8 nitrogen and oxygen atoms in total. The first-order valence-corrected chi connectivity index (χ1v) is 11.8. The third-order valence-electron chi connectivity index (χ3n) is 4.78. The highest BCUT2D eigenvalue weighted by molar-refractivity contribution is 7.89. The number of carbonyl (C=O) groups is 1. The summed E-state index contributed by atoms with van der Waals surface area (Å²) < 4.78 is 38.4. The average Bonchev–Trinajstić information content (AvgIpc) is 2.81. The summed E-state index contributed by atoms with van der Waals surface area (Å²) in [5.41, 5.74) is 4.02. The van der Waals surface area contributed by atoms with Crippen LogP contribution in [0.4, 0.5) is 0 Å². The SMILES string of the molecule is CCCC/C(C)=N/NC(=O)CN(Cc1ccccc1)S(=O)(=O)c1ccc(OC)c(OC)c1. The summed E-state index contributed by atoms with van der Waals surface area (Å²) in [6, 6.07) is 13.4. The van der Waals surface area contributed by atoms with Gasteiger partial charge in [-0.3, -0.25) is 4.79 Å². The fraction of sp³-hybridized carbons (Fsp3) is 0.391. The number of hydrogen-bond acceptors (Lipinski definition) is 6. The second-order valence-corrected chi connectivity index (χ2v) is 9.20. The van der Waals surface area contributed by atoms with Gasteiger partial charge in [0, 0.05) is 18.3 Å². The Morgan fingerprint density at radius 3 is 2.38 bits per heavy atom. The van der Waals surface area contributed by atoms with Crippen LogP contribution in [0, 0.1) is 0 Å². The quantitative estimate of drug-likeness (QED) is 0.385. The number of ether oxygens (including phenoxy) is 2. The van der Waals surface area contributed by atoms with E-state index in [1.54, 1.807) is 0 Å². The van der Waals surface area contributed by atoms with E-state index >= 15 is 0 Å². The molecule has 0 heterocycles. The fourth-order valence-electron chi connectivity index (χ4n) is 2.98. The van der Waals surface area contributed by atoms with Gasteiger partial charge in [0.25, 0.3) is 5.91 Å². The molecule has 2 aromatic rings. The molecular formula is C23H31N3O5S. The summed E-state index contributed by atoms with van der Waals surface area (Å²) in [6.07, 6.45) is 2.77. The van der Waals surface area contributed by atoms with Crippen LogP contribution in [0.3, 0.4) is 0 Å². The molecule has 0 saturated carbocycles. The van der Waals surface area contributed by atoms with Gasteiger partial charge in [-0.15, -0.1) is 0 Å². The zero-order valence-corrected chi connectivity index (χ0v) is 19.8. The van der Waals surface area contributed by atoms with Gasteiger partial charge in [0.1, 0.15) is 0 Å². The molecule has 174 valence electrons. The van der Waals surface area contributed by atoms with Gasteiger partial charge in [-0.25, -0.2) is 13.8 Å². The molecule has 0 aliphatic carbocycles. The molecule has 2 rings (SSSR count). The van der Waals surface area contributed by atoms with Crippen LogP contribution in [0.25, 0.3) is 0 Å². The van der Waals surface area contributed by atoms with Gasteiger partial charge in [0.2, 0.25) is 10.0 Å². The molecule has 0 bridgehead atoms. The smallest absolute Gasteiger partial charge is 0.255 e. The number of sulfonamides is 1. The predicted molar refractivity (Wildman–Crippen MR) is 124 cm³/mol. The molecule has 0 aliphatic rings. The molecule has 1 amide bonds. The van der Waals surface area contributed by atoms with Crippen molar-refractivity contribution in [3.63, 3.8) is 0 Å². The van der Waals surface area contributed by atoms with Gasteiger partial charge in [-0.05, 0) is 37.5 Å². The lowest BCUT2D eigenvalue weighted by atomic mass is 10.2. The monoisotopic (exact) mass is 461 g/mol. The number of hydrazone groups is 1. The first kappa shape index (κ1) is 25.4. The third kappa shape index (κ3) is 7.06. The van der Waals surface area contributed by atoms with Crippen molar-refractivity contribution < 1.29 is 22.7 Å². The summed E-state index contributed by atoms with van der Waals surface area (Å²) in [6.45, 7) is 3.56. The highest BCUT2D eigenvalue weighted by Crippen LogP contribution is 2.31. The first-order valence-electron chi connectivity index (χ1n) is 10.4. The van der Waals surface area contributed by atoms with Crippen LogP contribution in [-0.4, -0.2) is 45.1 Å². The maximum atomic E-state index is 13.4. The molecule has 9 heteroatoms. The second-order valence-electron chi connectivity index (χ2n) is 7.26. The number of rotatable bonds is 12. The van der Waals surface area contributed by atoms with Gasteiger partial charge in [-0.1, -0.05) is 43.7 Å². The Hall–Kier alpha value is -2.91. The van der Waals surface area contributed by atoms with Crippen LogP contribution in [-0.2, 0) is 21.4 Å². The van der Waals surface area contributed by atoms with Crippen LogP contribution in [0.5, 0.6) is 11.5 Å². The van der Waals surface area contributed by atoms with Crippen molar-refractivity contribution >= 4 is 21.6 Å². The molecule has 0 aromatic heterocycles. The van der Waals surface area contributed by atoms with E-state index in [1.807, 2.05) is 37.3 Å². The van der Waals surface area contributed by atoms with Gasteiger partial charge in [0.05, 0.1) is 25.7 Å². The van der Waals surface area contributed by atoms with Crippen molar-refractivity contribution in [1.82, 2.24) is 9.73 Å². The predicted octanol–water partition coefficient (Wildman–Crippen LogP) is 3.58. The molecule has 0 saturated heterocycles. The van der Waals surface area contributed by atoms with Crippen molar-refractivity contribution in [2.45, 2.75) is 44.6 Å². The maximum absolute atomic E-state index is 13.4. The Balaban J connectivity index is 2.31. The maximum Gasteiger partial charge on any atom is 0.255 e. The lowest BCUT2D eigenvalue weighted by molar-refractivity contribution is -0.121. The highest BCUT2D eigenvalue weighted by Gasteiger charge is 2.28. The third-order valence-corrected chi connectivity index (χ3v) is 6.57.